The van der Waals surface area contributed by atoms with Crippen LogP contribution in [0.1, 0.15) is 34.1 Å². The number of rotatable bonds is 4. The molecule has 0 saturated carbocycles. The summed E-state index contributed by atoms with van der Waals surface area (Å²) in [6, 6.07) is 0.435. The van der Waals surface area contributed by atoms with E-state index < -0.39 is 9.84 Å². The molecule has 1 aliphatic rings. The van der Waals surface area contributed by atoms with Gasteiger partial charge in [0.05, 0.1) is 5.75 Å². The van der Waals surface area contributed by atoms with Crippen molar-refractivity contribution < 1.29 is 8.42 Å². The van der Waals surface area contributed by atoms with Gasteiger partial charge in [-0.1, -0.05) is 27.7 Å². The Morgan fingerprint density at radius 2 is 2.00 bits per heavy atom. The maximum Gasteiger partial charge on any atom is 0.151 e. The molecule has 0 aromatic carbocycles. The van der Waals surface area contributed by atoms with Crippen LogP contribution in [0.25, 0.3) is 0 Å². The van der Waals surface area contributed by atoms with Gasteiger partial charge in [-0.3, -0.25) is 0 Å². The van der Waals surface area contributed by atoms with Gasteiger partial charge in [-0.2, -0.15) is 0 Å². The molecule has 1 atom stereocenters. The maximum atomic E-state index is 11.6. The molecular formula is C13H28N2O2S. The van der Waals surface area contributed by atoms with Crippen molar-refractivity contribution in [3.63, 3.8) is 0 Å². The van der Waals surface area contributed by atoms with Gasteiger partial charge < -0.3 is 10.2 Å². The van der Waals surface area contributed by atoms with Crippen LogP contribution in [-0.2, 0) is 9.84 Å². The number of hydrogen-bond donors (Lipinski definition) is 1. The molecule has 0 amide bonds. The highest BCUT2D eigenvalue weighted by molar-refractivity contribution is 7.91. The fourth-order valence-corrected chi connectivity index (χ4v) is 3.01. The zero-order valence-electron chi connectivity index (χ0n) is 12.2. The van der Waals surface area contributed by atoms with E-state index in [1.165, 1.54) is 0 Å². The third-order valence-electron chi connectivity index (χ3n) is 3.69. The lowest BCUT2D eigenvalue weighted by molar-refractivity contribution is 0.203. The molecule has 0 spiro atoms. The lowest BCUT2D eigenvalue weighted by Gasteiger charge is -2.33. The summed E-state index contributed by atoms with van der Waals surface area (Å²) in [7, 11) is -2.85. The Hall–Kier alpha value is -0.130. The predicted molar refractivity (Wildman–Crippen MR) is 76.6 cm³/mol. The number of nitrogens with one attached hydrogen (secondary N) is 1. The van der Waals surface area contributed by atoms with E-state index in [2.05, 4.69) is 31.0 Å². The van der Waals surface area contributed by atoms with E-state index in [0.717, 1.165) is 26.1 Å². The smallest absolute Gasteiger partial charge is 0.151 e. The van der Waals surface area contributed by atoms with E-state index in [1.807, 2.05) is 0 Å². The van der Waals surface area contributed by atoms with Crippen molar-refractivity contribution in [2.24, 2.45) is 5.41 Å². The molecule has 1 saturated heterocycles. The first-order valence-corrected chi connectivity index (χ1v) is 8.73. The van der Waals surface area contributed by atoms with Crippen molar-refractivity contribution in [1.29, 1.82) is 0 Å². The van der Waals surface area contributed by atoms with Gasteiger partial charge in [0.1, 0.15) is 0 Å². The van der Waals surface area contributed by atoms with Crippen LogP contribution in [0.4, 0.5) is 0 Å². The van der Waals surface area contributed by atoms with Crippen LogP contribution in [0.3, 0.4) is 0 Å². The highest BCUT2D eigenvalue weighted by Gasteiger charge is 2.28. The summed E-state index contributed by atoms with van der Waals surface area (Å²) >= 11 is 0. The molecule has 1 heterocycles. The summed E-state index contributed by atoms with van der Waals surface area (Å²) in [5.41, 5.74) is 0.215. The largest absolute Gasteiger partial charge is 0.312 e. The third kappa shape index (κ3) is 5.24. The summed E-state index contributed by atoms with van der Waals surface area (Å²) in [6.45, 7) is 12.1. The molecule has 1 aliphatic heterocycles. The summed E-state index contributed by atoms with van der Waals surface area (Å²) in [6.07, 6.45) is 1.10. The van der Waals surface area contributed by atoms with E-state index in [0.29, 0.717) is 18.3 Å². The monoisotopic (exact) mass is 276 g/mol. The Morgan fingerprint density at radius 3 is 2.56 bits per heavy atom. The summed E-state index contributed by atoms with van der Waals surface area (Å²) < 4.78 is 23.1. The SMILES string of the molecule is CCS(=O)(=O)CCN1CCCNC(C(C)(C)C)C1. The molecule has 1 N–H and O–H groups in total. The molecule has 1 rings (SSSR count). The van der Waals surface area contributed by atoms with Crippen LogP contribution in [0.5, 0.6) is 0 Å². The summed E-state index contributed by atoms with van der Waals surface area (Å²) in [5.74, 6) is 0.544. The first kappa shape index (κ1) is 15.9. The van der Waals surface area contributed by atoms with Gasteiger partial charge in [0.2, 0.25) is 0 Å². The Balaban J connectivity index is 2.55. The first-order chi connectivity index (χ1) is 8.24. The average molecular weight is 276 g/mol. The van der Waals surface area contributed by atoms with Gasteiger partial charge >= 0.3 is 0 Å². The van der Waals surface area contributed by atoms with Gasteiger partial charge in [-0.15, -0.1) is 0 Å². The summed E-state index contributed by atoms with van der Waals surface area (Å²) in [4.78, 5) is 2.29. The number of hydrogen-bond acceptors (Lipinski definition) is 4. The maximum absolute atomic E-state index is 11.6. The van der Waals surface area contributed by atoms with E-state index in [4.69, 9.17) is 0 Å². The van der Waals surface area contributed by atoms with Gasteiger partial charge in [0.25, 0.3) is 0 Å². The molecule has 4 nitrogen and oxygen atoms in total. The third-order valence-corrected chi connectivity index (χ3v) is 5.37. The van der Waals surface area contributed by atoms with Crippen molar-refractivity contribution in [2.75, 3.05) is 37.7 Å². The van der Waals surface area contributed by atoms with Crippen LogP contribution < -0.4 is 5.32 Å². The molecule has 0 aliphatic carbocycles. The summed E-state index contributed by atoms with van der Waals surface area (Å²) in [5, 5.41) is 3.57. The van der Waals surface area contributed by atoms with Crippen molar-refractivity contribution in [3.05, 3.63) is 0 Å². The van der Waals surface area contributed by atoms with E-state index >= 15 is 0 Å². The lowest BCUT2D eigenvalue weighted by Crippen LogP contribution is -2.47. The Morgan fingerprint density at radius 1 is 1.33 bits per heavy atom. The first-order valence-electron chi connectivity index (χ1n) is 6.91. The average Bonchev–Trinajstić information content (AvgIpc) is 2.51. The van der Waals surface area contributed by atoms with E-state index in [9.17, 15) is 8.42 Å². The molecular weight excluding hydrogens is 248 g/mol. The van der Waals surface area contributed by atoms with Crippen LogP contribution in [0, 0.1) is 5.41 Å². The van der Waals surface area contributed by atoms with Crippen molar-refractivity contribution in [1.82, 2.24) is 10.2 Å². The lowest BCUT2D eigenvalue weighted by atomic mass is 9.86. The standard InChI is InChI=1S/C13H28N2O2S/c1-5-18(16,17)10-9-15-8-6-7-14-12(11-15)13(2,3)4/h12,14H,5-11H2,1-4H3. The zero-order chi connectivity index (χ0) is 13.8. The van der Waals surface area contributed by atoms with Gasteiger partial charge in [0.15, 0.2) is 9.84 Å². The quantitative estimate of drug-likeness (QED) is 0.836. The van der Waals surface area contributed by atoms with Crippen LogP contribution in [-0.4, -0.2) is 57.0 Å². The van der Waals surface area contributed by atoms with Crippen molar-refractivity contribution in [3.8, 4) is 0 Å². The molecule has 1 unspecified atom stereocenters. The van der Waals surface area contributed by atoms with Crippen molar-refractivity contribution in [2.45, 2.75) is 40.2 Å². The molecule has 5 heteroatoms. The molecule has 0 aromatic heterocycles. The molecule has 1 fully saturated rings. The second kappa shape index (κ2) is 6.35. The van der Waals surface area contributed by atoms with E-state index in [-0.39, 0.29) is 11.2 Å². The molecule has 108 valence electrons. The highest BCUT2D eigenvalue weighted by atomic mass is 32.2. The number of nitrogens with zero attached hydrogens (tertiary/aromatic N) is 1. The second-order valence-electron chi connectivity index (χ2n) is 6.26. The van der Waals surface area contributed by atoms with Crippen LogP contribution in [0.2, 0.25) is 0 Å². The van der Waals surface area contributed by atoms with Gasteiger partial charge in [-0.25, -0.2) is 8.42 Å². The van der Waals surface area contributed by atoms with Gasteiger partial charge in [0, 0.05) is 24.9 Å². The minimum Gasteiger partial charge on any atom is -0.312 e. The van der Waals surface area contributed by atoms with Crippen molar-refractivity contribution >= 4 is 9.84 Å². The predicted octanol–water partition coefficient (Wildman–Crippen LogP) is 1.13. The molecule has 0 bridgehead atoms. The number of sulfone groups is 1. The minimum absolute atomic E-state index is 0.215. The molecule has 0 radical (unpaired) electrons. The Labute approximate surface area is 112 Å². The van der Waals surface area contributed by atoms with Crippen LogP contribution >= 0.6 is 0 Å². The fourth-order valence-electron chi connectivity index (χ4n) is 2.19. The van der Waals surface area contributed by atoms with Crippen LogP contribution in [0.15, 0.2) is 0 Å². The normalized spacial score (nSPS) is 23.9. The fraction of sp³-hybridized carbons (Fsp3) is 1.00. The molecule has 18 heavy (non-hydrogen) atoms. The topological polar surface area (TPSA) is 49.4 Å². The van der Waals surface area contributed by atoms with E-state index in [1.54, 1.807) is 6.92 Å². The Kier molecular flexibility index (Phi) is 5.62. The second-order valence-corrected chi connectivity index (χ2v) is 8.74. The zero-order valence-corrected chi connectivity index (χ0v) is 13.0. The van der Waals surface area contributed by atoms with Gasteiger partial charge in [-0.05, 0) is 24.9 Å². The molecule has 0 aromatic rings. The minimum atomic E-state index is -2.85. The Bertz CT molecular complexity index is 346. The highest BCUT2D eigenvalue weighted by Crippen LogP contribution is 2.21.